The first kappa shape index (κ1) is 21.0. The molecule has 1 aliphatic carbocycles. The second kappa shape index (κ2) is 7.96. The van der Waals surface area contributed by atoms with E-state index in [1.54, 1.807) is 0 Å². The Kier molecular flexibility index (Phi) is 5.97. The number of aliphatic hydroxyl groups excluding tert-OH is 1. The van der Waals surface area contributed by atoms with Crippen molar-refractivity contribution in [3.63, 3.8) is 0 Å². The summed E-state index contributed by atoms with van der Waals surface area (Å²) in [6, 6.07) is 8.15. The first-order valence-corrected chi connectivity index (χ1v) is 10.5. The van der Waals surface area contributed by atoms with Gasteiger partial charge in [-0.25, -0.2) is 0 Å². The van der Waals surface area contributed by atoms with Gasteiger partial charge in [-0.2, -0.15) is 0 Å². The van der Waals surface area contributed by atoms with Crippen molar-refractivity contribution < 1.29 is 9.84 Å². The fourth-order valence-electron chi connectivity index (χ4n) is 4.56. The minimum atomic E-state index is -0.673. The van der Waals surface area contributed by atoms with Crippen LogP contribution in [0.2, 0.25) is 0 Å². The fraction of sp³-hybridized carbons (Fsp3) is 0.560. The van der Waals surface area contributed by atoms with Crippen molar-refractivity contribution in [1.82, 2.24) is 4.98 Å². The van der Waals surface area contributed by atoms with Gasteiger partial charge in [0.25, 0.3) is 0 Å². The Balaban J connectivity index is 2.20. The Hall–Kier alpha value is -1.71. The summed E-state index contributed by atoms with van der Waals surface area (Å²) in [4.78, 5) is 5.13. The molecule has 28 heavy (non-hydrogen) atoms. The molecule has 0 radical (unpaired) electrons. The number of hydrogen-bond acceptors (Lipinski definition) is 3. The van der Waals surface area contributed by atoms with Crippen molar-refractivity contribution >= 4 is 0 Å². The van der Waals surface area contributed by atoms with Crippen LogP contribution in [0.15, 0.2) is 24.3 Å². The zero-order valence-electron chi connectivity index (χ0n) is 18.5. The van der Waals surface area contributed by atoms with E-state index >= 15 is 0 Å². The van der Waals surface area contributed by atoms with Crippen LogP contribution < -0.4 is 0 Å². The van der Waals surface area contributed by atoms with Gasteiger partial charge in [-0.05, 0) is 56.1 Å². The van der Waals surface area contributed by atoms with Gasteiger partial charge in [-0.1, -0.05) is 57.5 Å². The molecule has 0 saturated carbocycles. The smallest absolute Gasteiger partial charge is 0.106 e. The highest BCUT2D eigenvalue weighted by molar-refractivity contribution is 5.48. The van der Waals surface area contributed by atoms with E-state index in [0.717, 1.165) is 40.9 Å². The van der Waals surface area contributed by atoms with E-state index in [0.29, 0.717) is 6.61 Å². The van der Waals surface area contributed by atoms with Crippen LogP contribution in [0.5, 0.6) is 0 Å². The topological polar surface area (TPSA) is 42.4 Å². The predicted octanol–water partition coefficient (Wildman–Crippen LogP) is 5.95. The van der Waals surface area contributed by atoms with Crippen molar-refractivity contribution in [1.29, 1.82) is 0 Å². The lowest BCUT2D eigenvalue weighted by atomic mass is 9.72. The van der Waals surface area contributed by atoms with Crippen LogP contribution in [0.4, 0.5) is 0 Å². The van der Waals surface area contributed by atoms with Gasteiger partial charge in [0.15, 0.2) is 0 Å². The molecule has 1 aromatic carbocycles. The molecule has 3 heteroatoms. The monoisotopic (exact) mass is 381 g/mol. The molecule has 1 unspecified atom stereocenters. The van der Waals surface area contributed by atoms with Gasteiger partial charge < -0.3 is 9.84 Å². The summed E-state index contributed by atoms with van der Waals surface area (Å²) in [7, 11) is 0. The third kappa shape index (κ3) is 4.01. The molecule has 1 heterocycles. The zero-order valence-corrected chi connectivity index (χ0v) is 18.5. The number of fused-ring (bicyclic) bond motifs is 1. The van der Waals surface area contributed by atoms with Gasteiger partial charge in [0.2, 0.25) is 0 Å². The number of ether oxygens (including phenoxy) is 1. The van der Waals surface area contributed by atoms with Gasteiger partial charge in [0.05, 0.1) is 6.10 Å². The number of hydrogen-bond donors (Lipinski definition) is 1. The highest BCUT2D eigenvalue weighted by Gasteiger charge is 2.37. The molecule has 152 valence electrons. The molecule has 1 N–H and O–H groups in total. The fourth-order valence-corrected chi connectivity index (χ4v) is 4.56. The van der Waals surface area contributed by atoms with E-state index in [1.165, 1.54) is 11.1 Å². The van der Waals surface area contributed by atoms with Crippen molar-refractivity contribution in [2.75, 3.05) is 6.61 Å². The van der Waals surface area contributed by atoms with Crippen LogP contribution in [-0.4, -0.2) is 16.7 Å². The molecule has 1 aliphatic rings. The Labute approximate surface area is 170 Å². The largest absolute Gasteiger partial charge is 0.384 e. The quantitative estimate of drug-likeness (QED) is 0.695. The number of benzene rings is 1. The Bertz CT molecular complexity index is 837. The summed E-state index contributed by atoms with van der Waals surface area (Å²) in [5, 5.41) is 11.3. The highest BCUT2D eigenvalue weighted by atomic mass is 16.5. The number of pyridine rings is 1. The predicted molar refractivity (Wildman–Crippen MR) is 115 cm³/mol. The number of aryl methyl sites for hydroxylation is 1. The molecule has 2 aromatic rings. The van der Waals surface area contributed by atoms with Crippen LogP contribution in [0.3, 0.4) is 0 Å². The number of nitrogens with zero attached hydrogens (tertiary/aromatic N) is 1. The SMILES string of the molecule is CCOC1CC(C)(C)Cc2nc(C(C)C)c([C@@H](O)c3ccc(C)cc3)c(C)c21. The van der Waals surface area contributed by atoms with E-state index in [9.17, 15) is 5.11 Å². The van der Waals surface area contributed by atoms with E-state index in [4.69, 9.17) is 9.72 Å². The van der Waals surface area contributed by atoms with Gasteiger partial charge in [0, 0.05) is 29.1 Å². The minimum Gasteiger partial charge on any atom is -0.384 e. The third-order valence-electron chi connectivity index (χ3n) is 5.94. The van der Waals surface area contributed by atoms with Crippen molar-refractivity contribution in [2.45, 2.75) is 79.4 Å². The molecule has 0 spiro atoms. The Morgan fingerprint density at radius 3 is 2.39 bits per heavy atom. The molecule has 3 rings (SSSR count). The van der Waals surface area contributed by atoms with Gasteiger partial charge in [0.1, 0.15) is 6.10 Å². The van der Waals surface area contributed by atoms with Crippen LogP contribution in [-0.2, 0) is 11.2 Å². The Morgan fingerprint density at radius 2 is 1.82 bits per heavy atom. The number of aliphatic hydroxyl groups is 1. The van der Waals surface area contributed by atoms with E-state index in [-0.39, 0.29) is 17.4 Å². The first-order valence-electron chi connectivity index (χ1n) is 10.5. The molecule has 0 aliphatic heterocycles. The Morgan fingerprint density at radius 1 is 1.18 bits per heavy atom. The van der Waals surface area contributed by atoms with E-state index < -0.39 is 6.10 Å². The van der Waals surface area contributed by atoms with E-state index in [1.807, 2.05) is 12.1 Å². The minimum absolute atomic E-state index is 0.0430. The van der Waals surface area contributed by atoms with E-state index in [2.05, 4.69) is 60.6 Å². The molecule has 3 nitrogen and oxygen atoms in total. The maximum atomic E-state index is 11.3. The number of aromatic nitrogens is 1. The molecule has 0 saturated heterocycles. The van der Waals surface area contributed by atoms with Crippen LogP contribution in [0.25, 0.3) is 0 Å². The summed E-state index contributed by atoms with van der Waals surface area (Å²) in [6.45, 7) is 15.8. The highest BCUT2D eigenvalue weighted by Crippen LogP contribution is 2.46. The van der Waals surface area contributed by atoms with Crippen LogP contribution >= 0.6 is 0 Å². The number of rotatable bonds is 5. The molecule has 0 amide bonds. The second-order valence-corrected chi connectivity index (χ2v) is 9.35. The second-order valence-electron chi connectivity index (χ2n) is 9.35. The lowest BCUT2D eigenvalue weighted by molar-refractivity contribution is 0.0184. The maximum absolute atomic E-state index is 11.3. The molecule has 1 aromatic heterocycles. The molecule has 2 atom stereocenters. The summed E-state index contributed by atoms with van der Waals surface area (Å²) in [6.07, 6.45) is 1.31. The molecular weight excluding hydrogens is 346 g/mol. The van der Waals surface area contributed by atoms with Gasteiger partial charge in [-0.15, -0.1) is 0 Å². The summed E-state index contributed by atoms with van der Waals surface area (Å²) >= 11 is 0. The average molecular weight is 382 g/mol. The van der Waals surface area contributed by atoms with Crippen molar-refractivity contribution in [3.05, 3.63) is 63.5 Å². The van der Waals surface area contributed by atoms with Gasteiger partial charge in [-0.3, -0.25) is 4.98 Å². The molecule has 0 fully saturated rings. The average Bonchev–Trinajstić information content (AvgIpc) is 2.60. The zero-order chi connectivity index (χ0) is 20.6. The summed E-state index contributed by atoms with van der Waals surface area (Å²) < 4.78 is 6.16. The lowest BCUT2D eigenvalue weighted by Crippen LogP contribution is -2.30. The van der Waals surface area contributed by atoms with Crippen molar-refractivity contribution in [3.8, 4) is 0 Å². The van der Waals surface area contributed by atoms with Gasteiger partial charge >= 0.3 is 0 Å². The first-order chi connectivity index (χ1) is 13.1. The van der Waals surface area contributed by atoms with Crippen LogP contribution in [0, 0.1) is 19.3 Å². The van der Waals surface area contributed by atoms with Crippen LogP contribution in [0.1, 0.15) is 98.4 Å². The summed E-state index contributed by atoms with van der Waals surface area (Å²) in [5.74, 6) is 0.245. The summed E-state index contributed by atoms with van der Waals surface area (Å²) in [5.41, 5.74) is 7.75. The standard InChI is InChI=1S/C25H35NO2/c1-8-28-20-14-25(6,7)13-19-21(20)17(5)22(23(26-19)15(2)3)24(27)18-11-9-16(4)10-12-18/h9-12,15,20,24,27H,8,13-14H2,1-7H3/t20?,24-/m0/s1. The normalized spacial score (nSPS) is 19.5. The van der Waals surface area contributed by atoms with Crippen molar-refractivity contribution in [2.24, 2.45) is 5.41 Å². The molecule has 0 bridgehead atoms. The third-order valence-corrected chi connectivity index (χ3v) is 5.94. The lowest BCUT2D eigenvalue weighted by Gasteiger charge is -2.38. The molecular formula is C25H35NO2. The maximum Gasteiger partial charge on any atom is 0.106 e.